The molecule has 0 aliphatic heterocycles. The molecule has 6 nitrogen and oxygen atoms in total. The summed E-state index contributed by atoms with van der Waals surface area (Å²) in [5.74, 6) is 0.466. The predicted molar refractivity (Wildman–Crippen MR) is 95.8 cm³/mol. The van der Waals surface area contributed by atoms with Crippen LogP contribution in [0.1, 0.15) is 67.2 Å². The summed E-state index contributed by atoms with van der Waals surface area (Å²) in [6.45, 7) is 7.19. The Kier molecular flexibility index (Phi) is 5.37. The van der Waals surface area contributed by atoms with Crippen molar-refractivity contribution in [2.24, 2.45) is 0 Å². The highest BCUT2D eigenvalue weighted by molar-refractivity contribution is 6.06. The van der Waals surface area contributed by atoms with E-state index in [1.54, 1.807) is 7.11 Å². The van der Waals surface area contributed by atoms with Crippen LogP contribution < -0.4 is 0 Å². The molecule has 25 heavy (non-hydrogen) atoms. The van der Waals surface area contributed by atoms with Gasteiger partial charge in [0.05, 0.1) is 23.3 Å². The molecule has 2 aromatic rings. The number of amides is 1. The number of ether oxygens (including phenoxy) is 1. The van der Waals surface area contributed by atoms with Gasteiger partial charge in [0.25, 0.3) is 11.6 Å². The Morgan fingerprint density at radius 1 is 1.40 bits per heavy atom. The van der Waals surface area contributed by atoms with E-state index in [0.29, 0.717) is 36.0 Å². The van der Waals surface area contributed by atoms with E-state index in [4.69, 9.17) is 9.26 Å². The first-order valence-electron chi connectivity index (χ1n) is 9.17. The molecule has 0 unspecified atom stereocenters. The smallest absolute Gasteiger partial charge is 0.259 e. The Labute approximate surface area is 148 Å². The lowest BCUT2D eigenvalue weighted by Gasteiger charge is -2.30. The van der Waals surface area contributed by atoms with Crippen molar-refractivity contribution in [1.29, 1.82) is 0 Å². The minimum atomic E-state index is 0.0198. The number of pyridine rings is 1. The molecule has 0 saturated heterocycles. The van der Waals surface area contributed by atoms with E-state index >= 15 is 0 Å². The molecule has 0 atom stereocenters. The standard InChI is InChI=1S/C19H27N3O3/c1-5-14(6-2)22(9-10-24-4)19(23)15-11-16(13-7-8-13)20-18-17(15)12(3)21-25-18/h11,13-14H,5-10H2,1-4H3. The Bertz CT molecular complexity index is 748. The van der Waals surface area contributed by atoms with E-state index < -0.39 is 0 Å². The fraction of sp³-hybridized carbons (Fsp3) is 0.632. The molecule has 1 aliphatic rings. The number of fused-ring (bicyclic) bond motifs is 1. The molecule has 1 aliphatic carbocycles. The second kappa shape index (κ2) is 7.52. The van der Waals surface area contributed by atoms with Crippen LogP contribution in [-0.4, -0.2) is 47.3 Å². The Hall–Kier alpha value is -1.95. The van der Waals surface area contributed by atoms with Crippen molar-refractivity contribution in [2.75, 3.05) is 20.3 Å². The minimum Gasteiger partial charge on any atom is -0.383 e. The molecule has 2 heterocycles. The van der Waals surface area contributed by atoms with Crippen molar-refractivity contribution in [3.05, 3.63) is 23.0 Å². The zero-order valence-electron chi connectivity index (χ0n) is 15.5. The van der Waals surface area contributed by atoms with Gasteiger partial charge in [-0.25, -0.2) is 4.98 Å². The van der Waals surface area contributed by atoms with Crippen molar-refractivity contribution < 1.29 is 14.1 Å². The summed E-state index contributed by atoms with van der Waals surface area (Å²) < 4.78 is 10.6. The van der Waals surface area contributed by atoms with Crippen molar-refractivity contribution in [2.45, 2.75) is 58.4 Å². The highest BCUT2D eigenvalue weighted by atomic mass is 16.5. The number of carbonyl (C=O) groups excluding carboxylic acids is 1. The summed E-state index contributed by atoms with van der Waals surface area (Å²) in [5.41, 5.74) is 2.79. The first-order chi connectivity index (χ1) is 12.1. The monoisotopic (exact) mass is 345 g/mol. The van der Waals surface area contributed by atoms with Gasteiger partial charge in [-0.1, -0.05) is 19.0 Å². The van der Waals surface area contributed by atoms with Gasteiger partial charge in [-0.05, 0) is 38.7 Å². The molecule has 0 spiro atoms. The van der Waals surface area contributed by atoms with Gasteiger partial charge in [-0.3, -0.25) is 4.79 Å². The second-order valence-electron chi connectivity index (χ2n) is 6.78. The minimum absolute atomic E-state index is 0.0198. The Morgan fingerprint density at radius 2 is 2.12 bits per heavy atom. The zero-order valence-corrected chi connectivity index (χ0v) is 15.5. The third-order valence-electron chi connectivity index (χ3n) is 5.04. The fourth-order valence-corrected chi connectivity index (χ4v) is 3.39. The summed E-state index contributed by atoms with van der Waals surface area (Å²) >= 11 is 0. The van der Waals surface area contributed by atoms with Crippen LogP contribution in [0.25, 0.3) is 11.1 Å². The Balaban J connectivity index is 2.04. The number of nitrogens with zero attached hydrogens (tertiary/aromatic N) is 3. The summed E-state index contributed by atoms with van der Waals surface area (Å²) in [6.07, 6.45) is 4.08. The number of aromatic nitrogens is 2. The molecule has 1 fully saturated rings. The van der Waals surface area contributed by atoms with Crippen molar-refractivity contribution in [3.63, 3.8) is 0 Å². The molecular formula is C19H27N3O3. The largest absolute Gasteiger partial charge is 0.383 e. The molecule has 2 aromatic heterocycles. The number of methoxy groups -OCH3 is 1. The van der Waals surface area contributed by atoms with Gasteiger partial charge in [-0.2, -0.15) is 0 Å². The van der Waals surface area contributed by atoms with Crippen LogP contribution in [0.4, 0.5) is 0 Å². The molecule has 0 radical (unpaired) electrons. The molecule has 6 heteroatoms. The number of aryl methyl sites for hydroxylation is 1. The SMILES string of the molecule is CCC(CC)N(CCOC)C(=O)c1cc(C2CC2)nc2onc(C)c12. The van der Waals surface area contributed by atoms with Crippen LogP contribution in [0, 0.1) is 6.92 Å². The van der Waals surface area contributed by atoms with E-state index in [1.165, 1.54) is 0 Å². The summed E-state index contributed by atoms with van der Waals surface area (Å²) in [7, 11) is 1.66. The van der Waals surface area contributed by atoms with E-state index in [1.807, 2.05) is 17.9 Å². The molecule has 0 aromatic carbocycles. The number of rotatable bonds is 8. The van der Waals surface area contributed by atoms with Crippen LogP contribution in [0.15, 0.2) is 10.6 Å². The van der Waals surface area contributed by atoms with Crippen molar-refractivity contribution in [3.8, 4) is 0 Å². The van der Waals surface area contributed by atoms with E-state index in [-0.39, 0.29) is 11.9 Å². The summed E-state index contributed by atoms with van der Waals surface area (Å²) in [5, 5.41) is 4.77. The molecule has 1 amide bonds. The van der Waals surface area contributed by atoms with Gasteiger partial charge in [0.2, 0.25) is 0 Å². The van der Waals surface area contributed by atoms with Gasteiger partial charge >= 0.3 is 0 Å². The second-order valence-corrected chi connectivity index (χ2v) is 6.78. The van der Waals surface area contributed by atoms with E-state index in [0.717, 1.165) is 36.8 Å². The van der Waals surface area contributed by atoms with E-state index in [9.17, 15) is 4.79 Å². The number of carbonyl (C=O) groups is 1. The quantitative estimate of drug-likeness (QED) is 0.730. The van der Waals surface area contributed by atoms with Crippen LogP contribution in [-0.2, 0) is 4.74 Å². The first kappa shape index (κ1) is 17.9. The van der Waals surface area contributed by atoms with Gasteiger partial charge in [0.1, 0.15) is 0 Å². The van der Waals surface area contributed by atoms with Crippen LogP contribution >= 0.6 is 0 Å². The third kappa shape index (κ3) is 3.54. The molecule has 0 bridgehead atoms. The van der Waals surface area contributed by atoms with Crippen molar-refractivity contribution in [1.82, 2.24) is 15.0 Å². The lowest BCUT2D eigenvalue weighted by Crippen LogP contribution is -2.42. The van der Waals surface area contributed by atoms with E-state index in [2.05, 4.69) is 24.0 Å². The third-order valence-corrected chi connectivity index (χ3v) is 5.04. The maximum atomic E-state index is 13.4. The fourth-order valence-electron chi connectivity index (χ4n) is 3.39. The highest BCUT2D eigenvalue weighted by Gasteiger charge is 2.31. The van der Waals surface area contributed by atoms with Crippen molar-refractivity contribution >= 4 is 17.0 Å². The number of hydrogen-bond donors (Lipinski definition) is 0. The zero-order chi connectivity index (χ0) is 18.0. The van der Waals surface area contributed by atoms with Crippen LogP contribution in [0.5, 0.6) is 0 Å². The molecular weight excluding hydrogens is 318 g/mol. The summed E-state index contributed by atoms with van der Waals surface area (Å²) in [6, 6.07) is 2.14. The van der Waals surface area contributed by atoms with Gasteiger partial charge in [0.15, 0.2) is 0 Å². The Morgan fingerprint density at radius 3 is 2.72 bits per heavy atom. The van der Waals surface area contributed by atoms with Crippen LogP contribution in [0.2, 0.25) is 0 Å². The van der Waals surface area contributed by atoms with Crippen LogP contribution in [0.3, 0.4) is 0 Å². The van der Waals surface area contributed by atoms with Gasteiger partial charge in [-0.15, -0.1) is 0 Å². The van der Waals surface area contributed by atoms with Gasteiger partial charge < -0.3 is 14.2 Å². The number of hydrogen-bond acceptors (Lipinski definition) is 5. The highest BCUT2D eigenvalue weighted by Crippen LogP contribution is 2.40. The molecule has 3 rings (SSSR count). The summed E-state index contributed by atoms with van der Waals surface area (Å²) in [4.78, 5) is 20.0. The van der Waals surface area contributed by atoms with Gasteiger partial charge in [0, 0.05) is 31.3 Å². The average molecular weight is 345 g/mol. The first-order valence-corrected chi connectivity index (χ1v) is 9.17. The molecule has 0 N–H and O–H groups in total. The topological polar surface area (TPSA) is 68.5 Å². The lowest BCUT2D eigenvalue weighted by molar-refractivity contribution is 0.0591. The maximum Gasteiger partial charge on any atom is 0.259 e. The molecule has 1 saturated carbocycles. The maximum absolute atomic E-state index is 13.4. The lowest BCUT2D eigenvalue weighted by atomic mass is 10.0. The normalized spacial score (nSPS) is 14.4. The molecule has 136 valence electrons. The average Bonchev–Trinajstić information content (AvgIpc) is 3.41. The predicted octanol–water partition coefficient (Wildman–Crippen LogP) is 3.69.